The van der Waals surface area contributed by atoms with E-state index in [1.165, 1.54) is 57.8 Å². The summed E-state index contributed by atoms with van der Waals surface area (Å²) in [6.07, 6.45) is 18.1. The monoisotopic (exact) mass is 277 g/mol. The third-order valence-electron chi connectivity index (χ3n) is 4.36. The molecule has 0 aromatic heterocycles. The molecule has 0 saturated heterocycles. The van der Waals surface area contributed by atoms with Crippen molar-refractivity contribution in [2.75, 3.05) is 0 Å². The molecule has 0 aromatic rings. The Bertz CT molecular complexity index is 269. The Morgan fingerprint density at radius 2 is 1.45 bits per heavy atom. The van der Waals surface area contributed by atoms with Crippen LogP contribution in [0.5, 0.6) is 0 Å². The van der Waals surface area contributed by atoms with Crippen molar-refractivity contribution < 1.29 is 0 Å². The van der Waals surface area contributed by atoms with Crippen molar-refractivity contribution in [3.05, 3.63) is 6.17 Å². The highest BCUT2D eigenvalue weighted by molar-refractivity contribution is 6.18. The molecule has 0 spiro atoms. The van der Waals surface area contributed by atoms with Gasteiger partial charge in [0.15, 0.2) is 12.4 Å². The number of hydrogen-bond donors (Lipinski definition) is 0. The molecule has 20 heavy (non-hydrogen) atoms. The van der Waals surface area contributed by atoms with Crippen molar-refractivity contribution in [2.45, 2.75) is 85.0 Å². The van der Waals surface area contributed by atoms with E-state index in [0.717, 1.165) is 24.4 Å². The minimum absolute atomic E-state index is 0.830. The highest BCUT2D eigenvalue weighted by atomic mass is 15.0. The van der Waals surface area contributed by atoms with E-state index in [2.05, 4.69) is 30.8 Å². The molecule has 0 amide bonds. The second-order valence-corrected chi connectivity index (χ2v) is 6.43. The Kier molecular flexibility index (Phi) is 9.44. The first-order chi connectivity index (χ1) is 9.74. The Morgan fingerprint density at radius 3 is 2.05 bits per heavy atom. The van der Waals surface area contributed by atoms with Crippen molar-refractivity contribution in [1.29, 1.82) is 0 Å². The summed E-state index contributed by atoms with van der Waals surface area (Å²) in [6.45, 7) is 7.06. The highest BCUT2D eigenvalue weighted by Gasteiger charge is 2.16. The van der Waals surface area contributed by atoms with Crippen LogP contribution in [0.4, 0.5) is 0 Å². The highest BCUT2D eigenvalue weighted by Crippen LogP contribution is 2.26. The van der Waals surface area contributed by atoms with E-state index in [4.69, 9.17) is 0 Å². The Labute approximate surface area is 126 Å². The molecule has 2 heteroatoms. The molecule has 0 aliphatic carbocycles. The Balaban J connectivity index is 2.05. The van der Waals surface area contributed by atoms with Crippen LogP contribution in [0.1, 0.15) is 85.0 Å². The molecule has 1 atom stereocenters. The van der Waals surface area contributed by atoms with Crippen LogP contribution in [0.2, 0.25) is 0 Å². The zero-order chi connectivity index (χ0) is 14.6. The first-order valence-corrected chi connectivity index (χ1v) is 8.66. The van der Waals surface area contributed by atoms with Gasteiger partial charge in [-0.3, -0.25) is 0 Å². The van der Waals surface area contributed by atoms with Gasteiger partial charge in [0.2, 0.25) is 6.17 Å². The Hall–Kier alpha value is -0.790. The maximum Gasteiger partial charge on any atom is 0.240 e. The summed E-state index contributed by atoms with van der Waals surface area (Å²) in [5.41, 5.74) is 0. The molecular formula is C18H33N2+. The van der Waals surface area contributed by atoms with Crippen LogP contribution in [0.25, 0.3) is 0 Å². The first kappa shape index (κ1) is 17.3. The normalized spacial score (nSPS) is 15.5. The van der Waals surface area contributed by atoms with Crippen LogP contribution >= 0.6 is 0 Å². The van der Waals surface area contributed by atoms with Gasteiger partial charge in [0, 0.05) is 0 Å². The summed E-state index contributed by atoms with van der Waals surface area (Å²) in [5.74, 6) is 1.74. The van der Waals surface area contributed by atoms with Gasteiger partial charge in [-0.1, -0.05) is 82.1 Å². The van der Waals surface area contributed by atoms with Gasteiger partial charge in [0.1, 0.15) is 0 Å². The lowest BCUT2D eigenvalue weighted by molar-refractivity contribution is 0.314. The summed E-state index contributed by atoms with van der Waals surface area (Å²) in [5, 5.41) is 0. The standard InChI is InChI=1S/C18H33N2/c1-4-5-6-7-8-11-17(16(2)3)12-9-10-13-18-19-14-15-20-18/h14-17H,4-13H2,1-3H3/q+1. The van der Waals surface area contributed by atoms with Crippen LogP contribution in [0.3, 0.4) is 0 Å². The van der Waals surface area contributed by atoms with Gasteiger partial charge in [-0.25, -0.2) is 0 Å². The lowest BCUT2D eigenvalue weighted by atomic mass is 9.85. The fourth-order valence-electron chi connectivity index (χ4n) is 2.91. The molecule has 1 aliphatic rings. The van der Waals surface area contributed by atoms with Crippen LogP contribution in [0, 0.1) is 18.0 Å². The summed E-state index contributed by atoms with van der Waals surface area (Å²) in [7, 11) is 0. The van der Waals surface area contributed by atoms with E-state index < -0.39 is 0 Å². The van der Waals surface area contributed by atoms with Crippen LogP contribution < -0.4 is 0 Å². The maximum atomic E-state index is 4.24. The molecule has 114 valence electrons. The smallest absolute Gasteiger partial charge is 0.0968 e. The molecule has 0 bridgehead atoms. The van der Waals surface area contributed by atoms with Crippen molar-refractivity contribution >= 4 is 12.4 Å². The molecule has 0 fully saturated rings. The average molecular weight is 277 g/mol. The van der Waals surface area contributed by atoms with Gasteiger partial charge >= 0.3 is 0 Å². The number of nitrogens with zero attached hydrogens (tertiary/aromatic N) is 2. The predicted molar refractivity (Wildman–Crippen MR) is 90.4 cm³/mol. The lowest BCUT2D eigenvalue weighted by Crippen LogP contribution is -2.09. The molecule has 0 saturated carbocycles. The molecule has 1 rings (SSSR count). The van der Waals surface area contributed by atoms with Gasteiger partial charge < -0.3 is 0 Å². The molecule has 0 N–H and O–H groups in total. The second kappa shape index (κ2) is 10.9. The third-order valence-corrected chi connectivity index (χ3v) is 4.36. The minimum atomic E-state index is 0.830. The zero-order valence-corrected chi connectivity index (χ0v) is 13.8. The van der Waals surface area contributed by atoms with Crippen LogP contribution in [-0.4, -0.2) is 12.4 Å². The van der Waals surface area contributed by atoms with Gasteiger partial charge in [-0.05, 0) is 18.3 Å². The van der Waals surface area contributed by atoms with E-state index >= 15 is 0 Å². The number of rotatable bonds is 12. The zero-order valence-electron chi connectivity index (χ0n) is 13.8. The topological polar surface area (TPSA) is 24.7 Å². The minimum Gasteiger partial charge on any atom is -0.0968 e. The van der Waals surface area contributed by atoms with Gasteiger partial charge in [0.25, 0.3) is 0 Å². The van der Waals surface area contributed by atoms with E-state index in [0.29, 0.717) is 0 Å². The van der Waals surface area contributed by atoms with Crippen molar-refractivity contribution in [3.63, 3.8) is 0 Å². The van der Waals surface area contributed by atoms with E-state index in [-0.39, 0.29) is 0 Å². The number of unbranched alkanes of at least 4 members (excludes halogenated alkanes) is 5. The molecule has 2 nitrogen and oxygen atoms in total. The van der Waals surface area contributed by atoms with Crippen LogP contribution in [-0.2, 0) is 0 Å². The average Bonchev–Trinajstić information content (AvgIpc) is 2.93. The summed E-state index contributed by atoms with van der Waals surface area (Å²) >= 11 is 0. The van der Waals surface area contributed by atoms with Crippen molar-refractivity contribution in [1.82, 2.24) is 0 Å². The molecule has 0 aromatic carbocycles. The first-order valence-electron chi connectivity index (χ1n) is 8.66. The third kappa shape index (κ3) is 7.72. The number of hydrogen-bond acceptors (Lipinski definition) is 2. The van der Waals surface area contributed by atoms with Gasteiger partial charge in [0.05, 0.1) is 6.42 Å². The molecule has 1 unspecified atom stereocenters. The van der Waals surface area contributed by atoms with E-state index in [1.54, 1.807) is 12.4 Å². The largest absolute Gasteiger partial charge is 0.240 e. The summed E-state index contributed by atoms with van der Waals surface area (Å²) in [6, 6.07) is 0. The van der Waals surface area contributed by atoms with Crippen molar-refractivity contribution in [3.8, 4) is 0 Å². The molecule has 1 heterocycles. The number of aliphatic imine (C=N–C) groups is 2. The SMILES string of the molecule is CCCCCCCC(CCCC[C+]1N=CC=N1)C(C)C. The molecular weight excluding hydrogens is 244 g/mol. The fourth-order valence-corrected chi connectivity index (χ4v) is 2.91. The summed E-state index contributed by atoms with van der Waals surface area (Å²) in [4.78, 5) is 8.47. The fraction of sp³-hybridized carbons (Fsp3) is 0.833. The summed E-state index contributed by atoms with van der Waals surface area (Å²) < 4.78 is 0. The quantitative estimate of drug-likeness (QED) is 0.317. The van der Waals surface area contributed by atoms with Crippen molar-refractivity contribution in [2.24, 2.45) is 21.8 Å². The lowest BCUT2D eigenvalue weighted by Gasteiger charge is -2.20. The Morgan fingerprint density at radius 1 is 0.850 bits per heavy atom. The van der Waals surface area contributed by atoms with Crippen LogP contribution in [0.15, 0.2) is 9.98 Å². The molecule has 1 aliphatic heterocycles. The van der Waals surface area contributed by atoms with Gasteiger partial charge in [-0.2, -0.15) is 0 Å². The van der Waals surface area contributed by atoms with E-state index in [1.807, 2.05) is 0 Å². The molecule has 0 radical (unpaired) electrons. The van der Waals surface area contributed by atoms with Gasteiger partial charge in [-0.15, -0.1) is 0 Å². The predicted octanol–water partition coefficient (Wildman–Crippen LogP) is 5.82. The maximum absolute atomic E-state index is 4.24. The second-order valence-electron chi connectivity index (χ2n) is 6.43. The van der Waals surface area contributed by atoms with E-state index in [9.17, 15) is 0 Å².